The molecule has 3 N–H and O–H groups in total. The second-order valence-corrected chi connectivity index (χ2v) is 5.13. The summed E-state index contributed by atoms with van der Waals surface area (Å²) < 4.78 is 5.62. The molecule has 0 aliphatic heterocycles. The first kappa shape index (κ1) is 23.3. The Morgan fingerprint density at radius 1 is 1.27 bits per heavy atom. The van der Waals surface area contributed by atoms with Crippen molar-refractivity contribution in [1.29, 1.82) is 0 Å². The summed E-state index contributed by atoms with van der Waals surface area (Å²) in [4.78, 5) is 13.4. The van der Waals surface area contributed by atoms with E-state index in [1.165, 1.54) is 0 Å². The van der Waals surface area contributed by atoms with Crippen LogP contribution in [0.4, 0.5) is 0 Å². The van der Waals surface area contributed by atoms with Crippen molar-refractivity contribution in [2.75, 3.05) is 33.8 Å². The summed E-state index contributed by atoms with van der Waals surface area (Å²) in [5, 5.41) is 2.79. The van der Waals surface area contributed by atoms with Crippen LogP contribution >= 0.6 is 24.8 Å². The van der Waals surface area contributed by atoms with Gasteiger partial charge in [-0.2, -0.15) is 0 Å². The smallest absolute Gasteiger partial charge is 0.236 e. The highest BCUT2D eigenvalue weighted by Crippen LogP contribution is 2.12. The SMILES string of the molecule is C[C@@H](N)C(=O)NCCc1ccc(OCCN(C)C)cc1.Cl.Cl. The molecule has 1 aromatic carbocycles. The van der Waals surface area contributed by atoms with Gasteiger partial charge in [0, 0.05) is 13.1 Å². The van der Waals surface area contributed by atoms with Gasteiger partial charge >= 0.3 is 0 Å². The molecule has 5 nitrogen and oxygen atoms in total. The number of halogens is 2. The van der Waals surface area contributed by atoms with Gasteiger partial charge in [0.1, 0.15) is 12.4 Å². The molecule has 0 aromatic heterocycles. The van der Waals surface area contributed by atoms with Gasteiger partial charge < -0.3 is 20.7 Å². The van der Waals surface area contributed by atoms with Gasteiger partial charge in [-0.1, -0.05) is 12.1 Å². The van der Waals surface area contributed by atoms with Crippen LogP contribution in [0.1, 0.15) is 12.5 Å². The summed E-state index contributed by atoms with van der Waals surface area (Å²) in [5.74, 6) is 0.754. The molecular formula is C15H27Cl2N3O2. The molecule has 1 rings (SSSR count). The van der Waals surface area contributed by atoms with Crippen molar-refractivity contribution in [1.82, 2.24) is 10.2 Å². The lowest BCUT2D eigenvalue weighted by atomic mass is 10.1. The van der Waals surface area contributed by atoms with Crippen molar-refractivity contribution in [3.8, 4) is 5.75 Å². The number of nitrogens with zero attached hydrogens (tertiary/aromatic N) is 1. The van der Waals surface area contributed by atoms with Crippen LogP contribution in [0.15, 0.2) is 24.3 Å². The van der Waals surface area contributed by atoms with Crippen molar-refractivity contribution < 1.29 is 9.53 Å². The molecule has 0 radical (unpaired) electrons. The van der Waals surface area contributed by atoms with Crippen LogP contribution in [-0.4, -0.2) is 50.6 Å². The number of likely N-dealkylation sites (N-methyl/N-ethyl adjacent to an activating group) is 1. The van der Waals surface area contributed by atoms with E-state index in [0.29, 0.717) is 13.2 Å². The summed E-state index contributed by atoms with van der Waals surface area (Å²) >= 11 is 0. The van der Waals surface area contributed by atoms with Crippen LogP contribution in [0, 0.1) is 0 Å². The van der Waals surface area contributed by atoms with E-state index >= 15 is 0 Å². The van der Waals surface area contributed by atoms with Gasteiger partial charge in [0.05, 0.1) is 6.04 Å². The van der Waals surface area contributed by atoms with Gasteiger partial charge in [0.25, 0.3) is 0 Å². The van der Waals surface area contributed by atoms with Crippen molar-refractivity contribution in [2.45, 2.75) is 19.4 Å². The summed E-state index contributed by atoms with van der Waals surface area (Å²) in [6.07, 6.45) is 0.788. The minimum Gasteiger partial charge on any atom is -0.492 e. The molecule has 1 amide bonds. The molecule has 1 aromatic rings. The normalized spacial score (nSPS) is 11.1. The maximum Gasteiger partial charge on any atom is 0.236 e. The van der Waals surface area contributed by atoms with E-state index in [-0.39, 0.29) is 30.7 Å². The van der Waals surface area contributed by atoms with E-state index in [9.17, 15) is 4.79 Å². The first-order chi connectivity index (χ1) is 9.49. The molecule has 0 aliphatic rings. The average molecular weight is 352 g/mol. The second-order valence-electron chi connectivity index (χ2n) is 5.13. The zero-order chi connectivity index (χ0) is 15.0. The van der Waals surface area contributed by atoms with Crippen LogP contribution in [0.25, 0.3) is 0 Å². The Morgan fingerprint density at radius 2 is 1.86 bits per heavy atom. The molecule has 0 fully saturated rings. The Kier molecular flexibility index (Phi) is 13.2. The predicted octanol–water partition coefficient (Wildman–Crippen LogP) is 1.48. The van der Waals surface area contributed by atoms with Gasteiger partial charge in [-0.3, -0.25) is 4.79 Å². The zero-order valence-corrected chi connectivity index (χ0v) is 15.0. The van der Waals surface area contributed by atoms with Gasteiger partial charge in [-0.15, -0.1) is 24.8 Å². The van der Waals surface area contributed by atoms with E-state index < -0.39 is 6.04 Å². The van der Waals surface area contributed by atoms with Crippen LogP contribution in [0.3, 0.4) is 0 Å². The number of hydrogen-bond acceptors (Lipinski definition) is 4. The van der Waals surface area contributed by atoms with E-state index in [1.54, 1.807) is 6.92 Å². The molecule has 7 heteroatoms. The van der Waals surface area contributed by atoms with Crippen molar-refractivity contribution in [3.05, 3.63) is 29.8 Å². The minimum atomic E-state index is -0.456. The van der Waals surface area contributed by atoms with Crippen LogP contribution in [-0.2, 0) is 11.2 Å². The lowest BCUT2D eigenvalue weighted by molar-refractivity contribution is -0.121. The number of ether oxygens (including phenoxy) is 1. The molecular weight excluding hydrogens is 325 g/mol. The number of benzene rings is 1. The topological polar surface area (TPSA) is 67.6 Å². The highest BCUT2D eigenvalue weighted by atomic mass is 35.5. The first-order valence-electron chi connectivity index (χ1n) is 6.89. The second kappa shape index (κ2) is 12.5. The summed E-state index contributed by atoms with van der Waals surface area (Å²) in [5.41, 5.74) is 6.63. The van der Waals surface area contributed by atoms with Crippen molar-refractivity contribution >= 4 is 30.7 Å². The maximum atomic E-state index is 11.3. The molecule has 0 bridgehead atoms. The zero-order valence-electron chi connectivity index (χ0n) is 13.4. The number of rotatable bonds is 8. The number of carbonyl (C=O) groups excluding carboxylic acids is 1. The van der Waals surface area contributed by atoms with Crippen LogP contribution in [0.5, 0.6) is 5.75 Å². The molecule has 22 heavy (non-hydrogen) atoms. The fourth-order valence-electron chi connectivity index (χ4n) is 1.59. The number of nitrogens with one attached hydrogen (secondary N) is 1. The monoisotopic (exact) mass is 351 g/mol. The van der Waals surface area contributed by atoms with Crippen molar-refractivity contribution in [2.24, 2.45) is 5.73 Å². The van der Waals surface area contributed by atoms with E-state index in [1.807, 2.05) is 38.4 Å². The Labute approximate surface area is 145 Å². The Morgan fingerprint density at radius 3 is 2.36 bits per heavy atom. The number of carbonyl (C=O) groups is 1. The maximum absolute atomic E-state index is 11.3. The van der Waals surface area contributed by atoms with Gasteiger partial charge in [0.2, 0.25) is 5.91 Å². The summed E-state index contributed by atoms with van der Waals surface area (Å²) in [6.45, 7) is 3.85. The van der Waals surface area contributed by atoms with E-state index in [0.717, 1.165) is 24.3 Å². The van der Waals surface area contributed by atoms with Gasteiger partial charge in [-0.25, -0.2) is 0 Å². The largest absolute Gasteiger partial charge is 0.492 e. The standard InChI is InChI=1S/C15H25N3O2.2ClH/c1-12(16)15(19)17-9-8-13-4-6-14(7-5-13)20-11-10-18(2)3;;/h4-7,12H,8-11,16H2,1-3H3,(H,17,19);2*1H/t12-;;/m1../s1. The Hall–Kier alpha value is -1.01. The lowest BCUT2D eigenvalue weighted by Crippen LogP contribution is -2.39. The van der Waals surface area contributed by atoms with Gasteiger partial charge in [-0.05, 0) is 45.1 Å². The molecule has 0 saturated heterocycles. The molecule has 0 heterocycles. The minimum absolute atomic E-state index is 0. The number of hydrogen-bond donors (Lipinski definition) is 2. The molecule has 128 valence electrons. The number of amides is 1. The lowest BCUT2D eigenvalue weighted by Gasteiger charge is -2.11. The van der Waals surface area contributed by atoms with Gasteiger partial charge in [0.15, 0.2) is 0 Å². The summed E-state index contributed by atoms with van der Waals surface area (Å²) in [6, 6.07) is 7.49. The molecule has 0 unspecified atom stereocenters. The van der Waals surface area contributed by atoms with E-state index in [2.05, 4.69) is 10.2 Å². The molecule has 1 atom stereocenters. The fourth-order valence-corrected chi connectivity index (χ4v) is 1.59. The quantitative estimate of drug-likeness (QED) is 0.744. The third kappa shape index (κ3) is 9.84. The highest BCUT2D eigenvalue weighted by Gasteiger charge is 2.05. The molecule has 0 saturated carbocycles. The predicted molar refractivity (Wildman–Crippen MR) is 95.4 cm³/mol. The highest BCUT2D eigenvalue weighted by molar-refractivity contribution is 5.85. The van der Waals surface area contributed by atoms with Crippen molar-refractivity contribution in [3.63, 3.8) is 0 Å². The van der Waals surface area contributed by atoms with E-state index in [4.69, 9.17) is 10.5 Å². The molecule has 0 spiro atoms. The fraction of sp³-hybridized carbons (Fsp3) is 0.533. The molecule has 0 aliphatic carbocycles. The van der Waals surface area contributed by atoms with Crippen LogP contribution < -0.4 is 15.8 Å². The number of nitrogens with two attached hydrogens (primary N) is 1. The Balaban J connectivity index is 0. The third-order valence-corrected chi connectivity index (χ3v) is 2.86. The third-order valence-electron chi connectivity index (χ3n) is 2.86. The first-order valence-corrected chi connectivity index (χ1v) is 6.89. The average Bonchev–Trinajstić information content (AvgIpc) is 2.40. The van der Waals surface area contributed by atoms with Crippen LogP contribution in [0.2, 0.25) is 0 Å². The Bertz CT molecular complexity index is 412. The summed E-state index contributed by atoms with van der Waals surface area (Å²) in [7, 11) is 4.03.